The first-order chi connectivity index (χ1) is 9.10. The fraction of sp³-hybridized carbons (Fsp3) is 0.538. The van der Waals surface area contributed by atoms with Crippen molar-refractivity contribution in [3.8, 4) is 0 Å². The standard InChI is InChI=1S/C13H16Cl2N2OS/c1-2-19-9-4-3-8(7-9)16-13(18)12-10(14)5-6-11(15)17-12/h5-6,8-9H,2-4,7H2,1H3,(H,16,18). The molecule has 0 bridgehead atoms. The number of carbonyl (C=O) groups is 1. The van der Waals surface area contributed by atoms with Crippen molar-refractivity contribution in [2.75, 3.05) is 5.75 Å². The number of hydrogen-bond donors (Lipinski definition) is 1. The number of nitrogens with zero attached hydrogens (tertiary/aromatic N) is 1. The van der Waals surface area contributed by atoms with E-state index in [1.807, 2.05) is 11.8 Å². The molecule has 104 valence electrons. The number of hydrogen-bond acceptors (Lipinski definition) is 3. The molecule has 1 aliphatic carbocycles. The number of nitrogens with one attached hydrogen (secondary N) is 1. The maximum absolute atomic E-state index is 12.1. The van der Waals surface area contributed by atoms with E-state index in [4.69, 9.17) is 23.2 Å². The number of amides is 1. The van der Waals surface area contributed by atoms with Crippen LogP contribution in [0.15, 0.2) is 12.1 Å². The van der Waals surface area contributed by atoms with Crippen LogP contribution in [0.1, 0.15) is 36.7 Å². The second-order valence-corrected chi connectivity index (χ2v) is 6.90. The van der Waals surface area contributed by atoms with Gasteiger partial charge < -0.3 is 5.32 Å². The zero-order valence-electron chi connectivity index (χ0n) is 10.7. The highest BCUT2D eigenvalue weighted by atomic mass is 35.5. The highest BCUT2D eigenvalue weighted by molar-refractivity contribution is 7.99. The summed E-state index contributed by atoms with van der Waals surface area (Å²) < 4.78 is 0. The molecule has 1 N–H and O–H groups in total. The van der Waals surface area contributed by atoms with Gasteiger partial charge >= 0.3 is 0 Å². The van der Waals surface area contributed by atoms with Crippen LogP contribution in [0.4, 0.5) is 0 Å². The zero-order chi connectivity index (χ0) is 13.8. The van der Waals surface area contributed by atoms with Crippen molar-refractivity contribution < 1.29 is 4.79 Å². The Kier molecular flexibility index (Phi) is 5.37. The predicted molar refractivity (Wildman–Crippen MR) is 81.3 cm³/mol. The second-order valence-electron chi connectivity index (χ2n) is 4.53. The highest BCUT2D eigenvalue weighted by Gasteiger charge is 2.26. The lowest BCUT2D eigenvalue weighted by Crippen LogP contribution is -2.33. The van der Waals surface area contributed by atoms with Crippen LogP contribution in [0.25, 0.3) is 0 Å². The molecule has 2 unspecified atom stereocenters. The van der Waals surface area contributed by atoms with E-state index < -0.39 is 0 Å². The summed E-state index contributed by atoms with van der Waals surface area (Å²) in [6.07, 6.45) is 3.18. The normalized spacial score (nSPS) is 22.5. The summed E-state index contributed by atoms with van der Waals surface area (Å²) in [5, 5.41) is 4.26. The van der Waals surface area contributed by atoms with Gasteiger partial charge in [-0.1, -0.05) is 30.1 Å². The summed E-state index contributed by atoms with van der Waals surface area (Å²) in [4.78, 5) is 16.1. The second kappa shape index (κ2) is 6.82. The monoisotopic (exact) mass is 318 g/mol. The molecule has 1 saturated carbocycles. The largest absolute Gasteiger partial charge is 0.348 e. The van der Waals surface area contributed by atoms with Gasteiger partial charge in [0.2, 0.25) is 0 Å². The van der Waals surface area contributed by atoms with Crippen molar-refractivity contribution in [2.45, 2.75) is 37.5 Å². The topological polar surface area (TPSA) is 42.0 Å². The van der Waals surface area contributed by atoms with E-state index in [2.05, 4.69) is 17.2 Å². The number of pyridine rings is 1. The van der Waals surface area contributed by atoms with Gasteiger partial charge in [-0.2, -0.15) is 11.8 Å². The van der Waals surface area contributed by atoms with Gasteiger partial charge in [0.15, 0.2) is 0 Å². The Hall–Kier alpha value is -0.450. The first-order valence-corrected chi connectivity index (χ1v) is 8.15. The molecule has 0 spiro atoms. The highest BCUT2D eigenvalue weighted by Crippen LogP contribution is 2.30. The number of aromatic nitrogens is 1. The third-order valence-electron chi connectivity index (χ3n) is 3.15. The Morgan fingerprint density at radius 1 is 1.47 bits per heavy atom. The molecule has 2 rings (SSSR count). The van der Waals surface area contributed by atoms with Crippen LogP contribution in [0.5, 0.6) is 0 Å². The quantitative estimate of drug-likeness (QED) is 0.859. The van der Waals surface area contributed by atoms with Crippen molar-refractivity contribution in [3.05, 3.63) is 28.0 Å². The average molecular weight is 319 g/mol. The summed E-state index contributed by atoms with van der Waals surface area (Å²) in [6.45, 7) is 2.16. The first-order valence-electron chi connectivity index (χ1n) is 6.34. The molecule has 2 atom stereocenters. The van der Waals surface area contributed by atoms with Crippen molar-refractivity contribution in [3.63, 3.8) is 0 Å². The molecule has 1 amide bonds. The van der Waals surface area contributed by atoms with Crippen LogP contribution in [0.3, 0.4) is 0 Å². The molecular weight excluding hydrogens is 303 g/mol. The van der Waals surface area contributed by atoms with Crippen LogP contribution in [0, 0.1) is 0 Å². The molecule has 19 heavy (non-hydrogen) atoms. The summed E-state index contributed by atoms with van der Waals surface area (Å²) >= 11 is 13.7. The number of rotatable bonds is 4. The van der Waals surface area contributed by atoms with Gasteiger partial charge in [-0.15, -0.1) is 0 Å². The predicted octanol–water partition coefficient (Wildman–Crippen LogP) is 3.79. The van der Waals surface area contributed by atoms with Crippen molar-refractivity contribution in [1.29, 1.82) is 0 Å². The number of thioether (sulfide) groups is 1. The lowest BCUT2D eigenvalue weighted by atomic mass is 10.2. The van der Waals surface area contributed by atoms with E-state index >= 15 is 0 Å². The minimum Gasteiger partial charge on any atom is -0.348 e. The maximum Gasteiger partial charge on any atom is 0.271 e. The summed E-state index contributed by atoms with van der Waals surface area (Å²) in [5.41, 5.74) is 0.209. The van der Waals surface area contributed by atoms with Crippen LogP contribution >= 0.6 is 35.0 Å². The van der Waals surface area contributed by atoms with Crippen LogP contribution in [-0.2, 0) is 0 Å². The number of halogens is 2. The molecule has 1 aromatic heterocycles. The third-order valence-corrected chi connectivity index (χ3v) is 4.90. The Bertz CT molecular complexity index is 470. The molecule has 1 aromatic rings. The van der Waals surface area contributed by atoms with Gasteiger partial charge in [-0.3, -0.25) is 4.79 Å². The molecule has 1 aliphatic rings. The van der Waals surface area contributed by atoms with Crippen molar-refractivity contribution >= 4 is 40.9 Å². The lowest BCUT2D eigenvalue weighted by Gasteiger charge is -2.13. The smallest absolute Gasteiger partial charge is 0.271 e. The molecule has 1 fully saturated rings. The molecule has 1 heterocycles. The van der Waals surface area contributed by atoms with Gasteiger partial charge in [-0.05, 0) is 37.1 Å². The van der Waals surface area contributed by atoms with Gasteiger partial charge in [0.1, 0.15) is 10.8 Å². The molecule has 6 heteroatoms. The summed E-state index contributed by atoms with van der Waals surface area (Å²) in [5.74, 6) is 0.882. The first kappa shape index (κ1) is 14.9. The van der Waals surface area contributed by atoms with E-state index in [-0.39, 0.29) is 22.8 Å². The molecule has 0 aliphatic heterocycles. The minimum absolute atomic E-state index is 0.209. The van der Waals surface area contributed by atoms with Crippen LogP contribution < -0.4 is 5.32 Å². The molecule has 0 aromatic carbocycles. The Morgan fingerprint density at radius 2 is 2.26 bits per heavy atom. The fourth-order valence-electron chi connectivity index (χ4n) is 2.29. The van der Waals surface area contributed by atoms with E-state index in [1.54, 1.807) is 12.1 Å². The SMILES string of the molecule is CCSC1CCC(NC(=O)c2nc(Cl)ccc2Cl)C1. The summed E-state index contributed by atoms with van der Waals surface area (Å²) in [6, 6.07) is 3.38. The van der Waals surface area contributed by atoms with E-state index in [1.165, 1.54) is 0 Å². The van der Waals surface area contributed by atoms with E-state index in [0.29, 0.717) is 10.3 Å². The van der Waals surface area contributed by atoms with Crippen LogP contribution in [-0.4, -0.2) is 27.9 Å². The van der Waals surface area contributed by atoms with Crippen molar-refractivity contribution in [2.24, 2.45) is 0 Å². The molecule has 0 saturated heterocycles. The molecule has 0 radical (unpaired) electrons. The van der Waals surface area contributed by atoms with E-state index in [9.17, 15) is 4.79 Å². The molecule has 3 nitrogen and oxygen atoms in total. The fourth-order valence-corrected chi connectivity index (χ4v) is 3.77. The molecular formula is C13H16Cl2N2OS. The lowest BCUT2D eigenvalue weighted by molar-refractivity contribution is 0.0933. The van der Waals surface area contributed by atoms with Gasteiger partial charge in [-0.25, -0.2) is 4.98 Å². The minimum atomic E-state index is -0.236. The van der Waals surface area contributed by atoms with Gasteiger partial charge in [0, 0.05) is 11.3 Å². The Morgan fingerprint density at radius 3 is 3.00 bits per heavy atom. The van der Waals surface area contributed by atoms with Gasteiger partial charge in [0.25, 0.3) is 5.91 Å². The summed E-state index contributed by atoms with van der Waals surface area (Å²) in [7, 11) is 0. The van der Waals surface area contributed by atoms with Crippen LogP contribution in [0.2, 0.25) is 10.2 Å². The number of carbonyl (C=O) groups excluding carboxylic acids is 1. The maximum atomic E-state index is 12.1. The van der Waals surface area contributed by atoms with Gasteiger partial charge in [0.05, 0.1) is 5.02 Å². The third kappa shape index (κ3) is 4.01. The Labute approximate surface area is 127 Å². The van der Waals surface area contributed by atoms with E-state index in [0.717, 1.165) is 25.0 Å². The zero-order valence-corrected chi connectivity index (χ0v) is 13.0. The van der Waals surface area contributed by atoms with Crippen molar-refractivity contribution in [1.82, 2.24) is 10.3 Å². The average Bonchev–Trinajstić information content (AvgIpc) is 2.80. The Balaban J connectivity index is 1.96.